The van der Waals surface area contributed by atoms with E-state index in [4.69, 9.17) is 21.1 Å². The topological polar surface area (TPSA) is 108 Å². The Morgan fingerprint density at radius 2 is 1.72 bits per heavy atom. The number of hydrogen-bond acceptors (Lipinski definition) is 7. The summed E-state index contributed by atoms with van der Waals surface area (Å²) in [7, 11) is -1.78. The first-order valence-corrected chi connectivity index (χ1v) is 18.6. The number of benzene rings is 2. The second-order valence-corrected chi connectivity index (χ2v) is 15.4. The lowest BCUT2D eigenvalue weighted by Gasteiger charge is -2.36. The first kappa shape index (κ1) is 36.5. The lowest BCUT2D eigenvalue weighted by molar-refractivity contribution is -0.0190. The van der Waals surface area contributed by atoms with Crippen molar-refractivity contribution in [3.63, 3.8) is 0 Å². The lowest BCUT2D eigenvalue weighted by Crippen LogP contribution is -2.47. The summed E-state index contributed by atoms with van der Waals surface area (Å²) in [6, 6.07) is 10.2. The predicted molar refractivity (Wildman–Crippen MR) is 183 cm³/mol. The maximum absolute atomic E-state index is 14.4. The number of carbonyl (C=O) groups excluding carboxylic acids is 1. The molecule has 2 aromatic carbocycles. The van der Waals surface area contributed by atoms with Crippen LogP contribution < -0.4 is 9.46 Å². The SMILES string of the molecule is C[C@H]1CCCCO[C@H](CN(C)CC2CCCCC2)[C@@H](C)CN([C@@H](C)CO)C(=O)c2cc(NS(=O)(=O)c3ccc(Cl)cc3)ccc2O1. The van der Waals surface area contributed by atoms with E-state index in [2.05, 4.69) is 23.6 Å². The molecule has 11 heteroatoms. The van der Waals surface area contributed by atoms with E-state index in [0.717, 1.165) is 32.4 Å². The summed E-state index contributed by atoms with van der Waals surface area (Å²) < 4.78 is 41.7. The van der Waals surface area contributed by atoms with Crippen LogP contribution in [0.1, 0.15) is 82.5 Å². The summed E-state index contributed by atoms with van der Waals surface area (Å²) in [5, 5.41) is 10.7. The summed E-state index contributed by atoms with van der Waals surface area (Å²) >= 11 is 5.96. The molecule has 1 amide bonds. The van der Waals surface area contributed by atoms with Crippen LogP contribution >= 0.6 is 11.6 Å². The number of nitrogens with zero attached hydrogens (tertiary/aromatic N) is 2. The number of likely N-dealkylation sites (N-methyl/N-ethyl adjacent to an activating group) is 1. The lowest BCUT2D eigenvalue weighted by atomic mass is 9.89. The molecule has 0 aromatic heterocycles. The number of carbonyl (C=O) groups is 1. The monoisotopic (exact) mass is 677 g/mol. The number of aliphatic hydroxyl groups excluding tert-OH is 1. The summed E-state index contributed by atoms with van der Waals surface area (Å²) in [6.07, 6.45) is 8.82. The van der Waals surface area contributed by atoms with E-state index in [1.54, 1.807) is 17.0 Å². The minimum Gasteiger partial charge on any atom is -0.490 e. The van der Waals surface area contributed by atoms with Gasteiger partial charge in [-0.3, -0.25) is 9.52 Å². The molecule has 0 spiro atoms. The molecule has 0 bridgehead atoms. The van der Waals surface area contributed by atoms with Gasteiger partial charge in [0.05, 0.1) is 35.3 Å². The second-order valence-electron chi connectivity index (χ2n) is 13.3. The van der Waals surface area contributed by atoms with Crippen LogP contribution in [0.4, 0.5) is 5.69 Å². The molecule has 0 saturated heterocycles. The third-order valence-corrected chi connectivity index (χ3v) is 10.9. The Bertz CT molecular complexity index is 1370. The van der Waals surface area contributed by atoms with Gasteiger partial charge in [0.15, 0.2) is 0 Å². The van der Waals surface area contributed by atoms with Gasteiger partial charge in [-0.15, -0.1) is 0 Å². The van der Waals surface area contributed by atoms with Gasteiger partial charge in [-0.05, 0) is 101 Å². The molecule has 1 heterocycles. The van der Waals surface area contributed by atoms with Crippen molar-refractivity contribution in [1.82, 2.24) is 9.80 Å². The van der Waals surface area contributed by atoms with Crippen molar-refractivity contribution < 1.29 is 27.8 Å². The Morgan fingerprint density at radius 3 is 2.41 bits per heavy atom. The van der Waals surface area contributed by atoms with Crippen molar-refractivity contribution in [2.45, 2.75) is 95.3 Å². The van der Waals surface area contributed by atoms with E-state index in [-0.39, 0.29) is 46.8 Å². The van der Waals surface area contributed by atoms with Crippen molar-refractivity contribution in [1.29, 1.82) is 0 Å². The van der Waals surface area contributed by atoms with Crippen LogP contribution in [0.3, 0.4) is 0 Å². The Kier molecular flexibility index (Phi) is 13.6. The number of hydrogen-bond donors (Lipinski definition) is 2. The zero-order valence-electron chi connectivity index (χ0n) is 27.8. The summed E-state index contributed by atoms with van der Waals surface area (Å²) in [4.78, 5) is 18.5. The second kappa shape index (κ2) is 17.2. The normalized spacial score (nSPS) is 23.3. The maximum Gasteiger partial charge on any atom is 0.261 e. The van der Waals surface area contributed by atoms with Crippen LogP contribution in [-0.4, -0.2) is 87.4 Å². The minimum atomic E-state index is -3.94. The smallest absolute Gasteiger partial charge is 0.261 e. The van der Waals surface area contributed by atoms with Gasteiger partial charge >= 0.3 is 0 Å². The molecule has 0 radical (unpaired) electrons. The van der Waals surface area contributed by atoms with Gasteiger partial charge in [-0.1, -0.05) is 37.8 Å². The molecule has 9 nitrogen and oxygen atoms in total. The van der Waals surface area contributed by atoms with Gasteiger partial charge in [-0.2, -0.15) is 0 Å². The highest BCUT2D eigenvalue weighted by atomic mass is 35.5. The average molecular weight is 678 g/mol. The molecule has 2 aromatic rings. The van der Waals surface area contributed by atoms with Crippen molar-refractivity contribution in [2.24, 2.45) is 11.8 Å². The first-order chi connectivity index (χ1) is 22.0. The van der Waals surface area contributed by atoms with Gasteiger partial charge in [0, 0.05) is 42.9 Å². The maximum atomic E-state index is 14.4. The van der Waals surface area contributed by atoms with E-state index in [0.29, 0.717) is 29.8 Å². The van der Waals surface area contributed by atoms with Crippen molar-refractivity contribution in [2.75, 3.05) is 44.6 Å². The number of ether oxygens (including phenoxy) is 2. The first-order valence-electron chi connectivity index (χ1n) is 16.8. The Hall–Kier alpha value is -2.37. The van der Waals surface area contributed by atoms with Crippen LogP contribution in [0.15, 0.2) is 47.4 Å². The highest BCUT2D eigenvalue weighted by Crippen LogP contribution is 2.30. The number of rotatable bonds is 9. The van der Waals surface area contributed by atoms with Gasteiger partial charge in [0.1, 0.15) is 5.75 Å². The van der Waals surface area contributed by atoms with E-state index >= 15 is 0 Å². The van der Waals surface area contributed by atoms with Gasteiger partial charge in [0.25, 0.3) is 15.9 Å². The van der Waals surface area contributed by atoms with Crippen molar-refractivity contribution in [3.8, 4) is 5.75 Å². The largest absolute Gasteiger partial charge is 0.490 e. The fourth-order valence-electron chi connectivity index (χ4n) is 6.47. The molecular formula is C35H52ClN3O6S. The van der Waals surface area contributed by atoms with Gasteiger partial charge < -0.3 is 24.4 Å². The van der Waals surface area contributed by atoms with Crippen molar-refractivity contribution in [3.05, 3.63) is 53.1 Å². The number of amides is 1. The zero-order chi connectivity index (χ0) is 33.3. The summed E-state index contributed by atoms with van der Waals surface area (Å²) in [6.45, 7) is 8.46. The molecule has 4 rings (SSSR count). The van der Waals surface area contributed by atoms with Gasteiger partial charge in [-0.25, -0.2) is 8.42 Å². The Labute approximate surface area is 280 Å². The van der Waals surface area contributed by atoms with E-state index < -0.39 is 16.1 Å². The molecule has 46 heavy (non-hydrogen) atoms. The van der Waals surface area contributed by atoms with Crippen LogP contribution in [0.25, 0.3) is 0 Å². The van der Waals surface area contributed by atoms with Crippen LogP contribution in [-0.2, 0) is 14.8 Å². The standard InChI is InChI=1S/C35H52ClN3O6S/c1-25-21-39(26(2)24-40)35(41)32-20-30(37-46(42,43)31-16-13-29(36)14-17-31)15-18-33(32)45-27(3)10-8-9-19-44-34(25)23-38(4)22-28-11-6-5-7-12-28/h13-18,20,25-28,34,37,40H,5-12,19,21-24H2,1-4H3/t25-,26-,27-,34+/m0/s1. The Balaban J connectivity index is 1.62. The molecule has 1 aliphatic heterocycles. The summed E-state index contributed by atoms with van der Waals surface area (Å²) in [5.41, 5.74) is 0.467. The fourth-order valence-corrected chi connectivity index (χ4v) is 7.64. The highest BCUT2D eigenvalue weighted by molar-refractivity contribution is 7.92. The van der Waals surface area contributed by atoms with Crippen LogP contribution in [0.2, 0.25) is 5.02 Å². The van der Waals surface area contributed by atoms with Crippen LogP contribution in [0.5, 0.6) is 5.75 Å². The molecule has 4 atom stereocenters. The number of fused-ring (bicyclic) bond motifs is 1. The third-order valence-electron chi connectivity index (χ3n) is 9.21. The number of nitrogens with one attached hydrogen (secondary N) is 1. The molecule has 1 aliphatic carbocycles. The molecule has 2 aliphatic rings. The van der Waals surface area contributed by atoms with E-state index in [1.807, 2.05) is 13.8 Å². The quantitative estimate of drug-likeness (QED) is 0.314. The fraction of sp³-hybridized carbons (Fsp3) is 0.629. The molecule has 0 unspecified atom stereocenters. The highest BCUT2D eigenvalue weighted by Gasteiger charge is 2.31. The third kappa shape index (κ3) is 10.3. The van der Waals surface area contributed by atoms with Gasteiger partial charge in [0.2, 0.25) is 0 Å². The number of halogens is 1. The summed E-state index contributed by atoms with van der Waals surface area (Å²) in [5.74, 6) is 0.732. The van der Waals surface area contributed by atoms with Crippen molar-refractivity contribution >= 4 is 33.2 Å². The molecule has 1 fully saturated rings. The average Bonchev–Trinajstić information content (AvgIpc) is 3.03. The van der Waals surface area contributed by atoms with E-state index in [9.17, 15) is 18.3 Å². The number of aliphatic hydroxyl groups is 1. The zero-order valence-corrected chi connectivity index (χ0v) is 29.4. The molecule has 2 N–H and O–H groups in total. The van der Waals surface area contributed by atoms with E-state index in [1.165, 1.54) is 62.4 Å². The Morgan fingerprint density at radius 1 is 1.02 bits per heavy atom. The number of anilines is 1. The number of sulfonamides is 1. The van der Waals surface area contributed by atoms with Crippen LogP contribution in [0, 0.1) is 11.8 Å². The molecule has 256 valence electrons. The minimum absolute atomic E-state index is 0.0235. The molecular weight excluding hydrogens is 626 g/mol. The molecule has 1 saturated carbocycles. The predicted octanol–water partition coefficient (Wildman–Crippen LogP) is 6.45.